The summed E-state index contributed by atoms with van der Waals surface area (Å²) < 4.78 is 0. The summed E-state index contributed by atoms with van der Waals surface area (Å²) >= 11 is 0. The Hall–Kier alpha value is 0. The molecule has 0 saturated heterocycles. The third-order valence-electron chi connectivity index (χ3n) is 6.83. The Morgan fingerprint density at radius 3 is 2.12 bits per heavy atom. The van der Waals surface area contributed by atoms with Gasteiger partial charge in [0, 0.05) is 0 Å². The van der Waals surface area contributed by atoms with Gasteiger partial charge in [0.05, 0.1) is 0 Å². The van der Waals surface area contributed by atoms with E-state index in [-0.39, 0.29) is 0 Å². The Balaban J connectivity index is 1.36. The Kier molecular flexibility index (Phi) is 2.56. The smallest absolute Gasteiger partial charge is 0.0238 e. The van der Waals surface area contributed by atoms with Crippen LogP contribution in [0.2, 0.25) is 0 Å². The fourth-order valence-corrected chi connectivity index (χ4v) is 5.84. The summed E-state index contributed by atoms with van der Waals surface area (Å²) in [6.45, 7) is 0. The van der Waals surface area contributed by atoms with Crippen molar-refractivity contribution in [2.24, 2.45) is 29.1 Å². The second kappa shape index (κ2) is 4.00. The van der Waals surface area contributed by atoms with E-state index in [2.05, 4.69) is 6.42 Å². The predicted octanol–water partition coefficient (Wildman–Crippen LogP) is 4.99. The molecule has 4 saturated carbocycles. The lowest BCUT2D eigenvalue weighted by Crippen LogP contribution is -2.20. The topological polar surface area (TPSA) is 0 Å². The lowest BCUT2D eigenvalue weighted by atomic mass is 9.76. The third kappa shape index (κ3) is 1.70. The van der Waals surface area contributed by atoms with Crippen molar-refractivity contribution in [2.45, 2.75) is 70.6 Å². The van der Waals surface area contributed by atoms with Crippen LogP contribution in [0, 0.1) is 35.5 Å². The zero-order valence-corrected chi connectivity index (χ0v) is 11.2. The zero-order chi connectivity index (χ0) is 11.3. The fraction of sp³-hybridized carbons (Fsp3) is 0.941. The maximum Gasteiger partial charge on any atom is -0.0238 e. The first-order valence-electron chi connectivity index (χ1n) is 8.23. The molecule has 95 valence electrons. The van der Waals surface area contributed by atoms with Gasteiger partial charge in [-0.05, 0) is 80.5 Å². The summed E-state index contributed by atoms with van der Waals surface area (Å²) in [6.07, 6.45) is 19.8. The second-order valence-corrected chi connectivity index (χ2v) is 7.43. The maximum absolute atomic E-state index is 2.85. The zero-order valence-electron chi connectivity index (χ0n) is 11.2. The summed E-state index contributed by atoms with van der Waals surface area (Å²) in [5, 5.41) is 0. The van der Waals surface area contributed by atoms with Crippen LogP contribution in [0.1, 0.15) is 70.6 Å². The van der Waals surface area contributed by atoms with Gasteiger partial charge in [-0.25, -0.2) is 0 Å². The van der Waals surface area contributed by atoms with Gasteiger partial charge in [-0.3, -0.25) is 0 Å². The van der Waals surface area contributed by atoms with Crippen molar-refractivity contribution in [3.05, 3.63) is 6.42 Å². The van der Waals surface area contributed by atoms with E-state index in [4.69, 9.17) is 0 Å². The SMILES string of the molecule is [CH](CC1C2CCCCC12)C12CCCC1CCC2. The number of hydrogen-bond acceptors (Lipinski definition) is 0. The first-order valence-corrected chi connectivity index (χ1v) is 8.23. The molecular weight excluding hydrogens is 204 g/mol. The normalized spacial score (nSPS) is 52.2. The van der Waals surface area contributed by atoms with Crippen LogP contribution in [0.5, 0.6) is 0 Å². The Morgan fingerprint density at radius 2 is 1.47 bits per heavy atom. The van der Waals surface area contributed by atoms with E-state index < -0.39 is 0 Å². The number of fused-ring (bicyclic) bond motifs is 2. The molecule has 0 nitrogen and oxygen atoms in total. The molecule has 4 aliphatic carbocycles. The van der Waals surface area contributed by atoms with E-state index in [0.717, 1.165) is 29.1 Å². The summed E-state index contributed by atoms with van der Waals surface area (Å²) in [5.41, 5.74) is 0.742. The Morgan fingerprint density at radius 1 is 0.824 bits per heavy atom. The van der Waals surface area contributed by atoms with Crippen molar-refractivity contribution in [3.63, 3.8) is 0 Å². The molecule has 0 amide bonds. The molecule has 2 unspecified atom stereocenters. The lowest BCUT2D eigenvalue weighted by Gasteiger charge is -2.29. The van der Waals surface area contributed by atoms with E-state index in [0.29, 0.717) is 0 Å². The highest BCUT2D eigenvalue weighted by molar-refractivity contribution is 5.09. The van der Waals surface area contributed by atoms with Crippen LogP contribution in [0.15, 0.2) is 0 Å². The van der Waals surface area contributed by atoms with Gasteiger partial charge in [-0.2, -0.15) is 0 Å². The molecule has 1 radical (unpaired) electrons. The summed E-state index contributed by atoms with van der Waals surface area (Å²) in [4.78, 5) is 0. The van der Waals surface area contributed by atoms with Crippen LogP contribution in [-0.4, -0.2) is 0 Å². The molecular formula is C17H27. The van der Waals surface area contributed by atoms with Gasteiger partial charge in [0.15, 0.2) is 0 Å². The predicted molar refractivity (Wildman–Crippen MR) is 71.5 cm³/mol. The minimum absolute atomic E-state index is 0.742. The molecule has 17 heavy (non-hydrogen) atoms. The van der Waals surface area contributed by atoms with E-state index in [9.17, 15) is 0 Å². The Labute approximate surface area is 107 Å². The third-order valence-corrected chi connectivity index (χ3v) is 6.83. The van der Waals surface area contributed by atoms with Crippen molar-refractivity contribution in [1.82, 2.24) is 0 Å². The van der Waals surface area contributed by atoms with Crippen molar-refractivity contribution >= 4 is 0 Å². The molecule has 4 aliphatic rings. The van der Waals surface area contributed by atoms with Crippen LogP contribution >= 0.6 is 0 Å². The van der Waals surface area contributed by atoms with E-state index in [1.165, 1.54) is 32.1 Å². The van der Waals surface area contributed by atoms with Gasteiger partial charge in [0.2, 0.25) is 0 Å². The van der Waals surface area contributed by atoms with Crippen LogP contribution in [0.4, 0.5) is 0 Å². The minimum atomic E-state index is 0.742. The average Bonchev–Trinajstić information content (AvgIpc) is 2.69. The molecule has 2 atom stereocenters. The molecule has 0 heterocycles. The monoisotopic (exact) mass is 231 g/mol. The van der Waals surface area contributed by atoms with Gasteiger partial charge in [0.1, 0.15) is 0 Å². The van der Waals surface area contributed by atoms with E-state index in [1.807, 2.05) is 0 Å². The lowest BCUT2D eigenvalue weighted by molar-refractivity contribution is 0.283. The van der Waals surface area contributed by atoms with Crippen molar-refractivity contribution in [3.8, 4) is 0 Å². The molecule has 0 aromatic heterocycles. The molecule has 0 spiro atoms. The Bertz CT molecular complexity index is 270. The standard InChI is InChI=1S/C17H27/c1-2-8-15-14(7-1)16(15)9-12-17-10-3-5-13(17)6-4-11-17/h12-16H,1-11H2. The molecule has 0 aromatic carbocycles. The molecule has 0 N–H and O–H groups in total. The van der Waals surface area contributed by atoms with Gasteiger partial charge >= 0.3 is 0 Å². The first kappa shape index (κ1) is 10.9. The van der Waals surface area contributed by atoms with Gasteiger partial charge in [0.25, 0.3) is 0 Å². The molecule has 0 heteroatoms. The van der Waals surface area contributed by atoms with Gasteiger partial charge < -0.3 is 0 Å². The highest BCUT2D eigenvalue weighted by Gasteiger charge is 2.52. The average molecular weight is 231 g/mol. The van der Waals surface area contributed by atoms with Gasteiger partial charge in [-0.15, -0.1) is 0 Å². The van der Waals surface area contributed by atoms with Gasteiger partial charge in [-0.1, -0.05) is 25.7 Å². The summed E-state index contributed by atoms with van der Waals surface area (Å²) in [7, 11) is 0. The van der Waals surface area contributed by atoms with Crippen molar-refractivity contribution < 1.29 is 0 Å². The first-order chi connectivity index (χ1) is 8.39. The highest BCUT2D eigenvalue weighted by Crippen LogP contribution is 2.61. The van der Waals surface area contributed by atoms with E-state index in [1.54, 1.807) is 38.5 Å². The molecule has 4 fully saturated rings. The van der Waals surface area contributed by atoms with Crippen molar-refractivity contribution in [1.29, 1.82) is 0 Å². The molecule has 0 bridgehead atoms. The van der Waals surface area contributed by atoms with Crippen LogP contribution in [-0.2, 0) is 0 Å². The number of rotatable bonds is 3. The quantitative estimate of drug-likeness (QED) is 0.642. The van der Waals surface area contributed by atoms with Crippen LogP contribution < -0.4 is 0 Å². The summed E-state index contributed by atoms with van der Waals surface area (Å²) in [6, 6.07) is 0. The molecule has 4 rings (SSSR count). The van der Waals surface area contributed by atoms with Crippen LogP contribution in [0.3, 0.4) is 0 Å². The fourth-order valence-electron chi connectivity index (χ4n) is 5.84. The maximum atomic E-state index is 2.85. The minimum Gasteiger partial charge on any atom is -0.0530 e. The molecule has 0 aromatic rings. The van der Waals surface area contributed by atoms with Crippen LogP contribution in [0.25, 0.3) is 0 Å². The second-order valence-electron chi connectivity index (χ2n) is 7.43. The largest absolute Gasteiger partial charge is 0.0530 e. The van der Waals surface area contributed by atoms with Crippen molar-refractivity contribution in [2.75, 3.05) is 0 Å². The number of hydrogen-bond donors (Lipinski definition) is 0. The summed E-state index contributed by atoms with van der Waals surface area (Å²) in [5.74, 6) is 4.56. The van der Waals surface area contributed by atoms with E-state index >= 15 is 0 Å². The molecule has 0 aliphatic heterocycles. The highest BCUT2D eigenvalue weighted by atomic mass is 14.6.